The highest BCUT2D eigenvalue weighted by molar-refractivity contribution is 7.09. The van der Waals surface area contributed by atoms with Crippen molar-refractivity contribution in [1.82, 2.24) is 10.2 Å². The molecule has 0 bridgehead atoms. The largest absolute Gasteiger partial charge is 0.375 e. The molecule has 2 rings (SSSR count). The zero-order chi connectivity index (χ0) is 29.1. The predicted octanol–water partition coefficient (Wildman–Crippen LogP) is 9.69. The first kappa shape index (κ1) is 38.7. The lowest BCUT2D eigenvalue weighted by atomic mass is 9.89. The van der Waals surface area contributed by atoms with Crippen LogP contribution >= 0.6 is 11.3 Å². The second kappa shape index (κ2) is 27.1. The van der Waals surface area contributed by atoms with E-state index in [1.807, 2.05) is 32.2 Å². The number of rotatable bonds is 15. The van der Waals surface area contributed by atoms with E-state index < -0.39 is 0 Å². The highest BCUT2D eigenvalue weighted by Gasteiger charge is 2.25. The van der Waals surface area contributed by atoms with Crippen LogP contribution in [0.4, 0.5) is 0 Å². The van der Waals surface area contributed by atoms with Crippen LogP contribution in [0.3, 0.4) is 0 Å². The van der Waals surface area contributed by atoms with Gasteiger partial charge in [0, 0.05) is 30.1 Å². The van der Waals surface area contributed by atoms with Crippen molar-refractivity contribution in [2.75, 3.05) is 20.1 Å². The number of hydrogen-bond acceptors (Lipinski definition) is 5. The maximum atomic E-state index is 11.0. The number of unbranched alkanes of at least 4 members (excludes halogenated alkanes) is 3. The summed E-state index contributed by atoms with van der Waals surface area (Å²) in [4.78, 5) is 15.1. The molecule has 0 spiro atoms. The van der Waals surface area contributed by atoms with Crippen LogP contribution in [0.25, 0.3) is 0 Å². The lowest BCUT2D eigenvalue weighted by Gasteiger charge is -2.35. The number of aldehydes is 1. The molecule has 0 aromatic carbocycles. The molecule has 0 amide bonds. The van der Waals surface area contributed by atoms with Crippen molar-refractivity contribution < 1.29 is 4.79 Å². The summed E-state index contributed by atoms with van der Waals surface area (Å²) >= 11 is 1.88. The third-order valence-corrected chi connectivity index (χ3v) is 7.96. The average Bonchev–Trinajstić information content (AvgIpc) is 3.49. The molecule has 222 valence electrons. The summed E-state index contributed by atoms with van der Waals surface area (Å²) < 4.78 is 0. The fraction of sp³-hybridized carbons (Fsp3) is 0.758. The Balaban J connectivity index is 0. The zero-order valence-electron chi connectivity index (χ0n) is 26.4. The molecule has 1 aromatic heterocycles. The van der Waals surface area contributed by atoms with Crippen LogP contribution in [-0.2, 0) is 11.2 Å². The molecule has 0 saturated carbocycles. The number of carbonyl (C=O) groups excluding carboxylic acids is 1. The van der Waals surface area contributed by atoms with Gasteiger partial charge in [-0.15, -0.1) is 11.3 Å². The predicted molar refractivity (Wildman–Crippen MR) is 173 cm³/mol. The Kier molecular flexibility index (Phi) is 27.6. The van der Waals surface area contributed by atoms with Crippen molar-refractivity contribution in [3.8, 4) is 0 Å². The number of nitrogens with one attached hydrogen (secondary N) is 2. The standard InChI is InChI=1S/C16H25NS.C11H23NO.C4H9N.C2H6/c1-3-6-15(13-16-7-5-12-18-16)17-10-8-14(4-2)9-11-17;1-4-6-8-11(10-13,12-3)9-7-5-2;1-2-3-4-5;1-2/h5-7,12,14H,3-4,8-11,13H2,1-2H3;10,12H,4-9H2,1-3H3;4-5H,2-3H2,1H3;1-2H3/b15-6-;;;. The molecule has 1 aliphatic heterocycles. The van der Waals surface area contributed by atoms with Crippen molar-refractivity contribution >= 4 is 23.8 Å². The first-order valence-electron chi connectivity index (χ1n) is 15.6. The Labute approximate surface area is 241 Å². The molecule has 2 N–H and O–H groups in total. The first-order valence-corrected chi connectivity index (χ1v) is 16.5. The van der Waals surface area contributed by atoms with E-state index in [-0.39, 0.29) is 5.54 Å². The van der Waals surface area contributed by atoms with Crippen molar-refractivity contribution in [3.63, 3.8) is 0 Å². The normalized spacial score (nSPS) is 13.8. The van der Waals surface area contributed by atoms with Gasteiger partial charge in [0.2, 0.25) is 0 Å². The molecule has 0 aliphatic carbocycles. The molecular weight excluding hydrogens is 486 g/mol. The minimum absolute atomic E-state index is 0.244. The Morgan fingerprint density at radius 2 is 1.68 bits per heavy atom. The topological polar surface area (TPSA) is 56.2 Å². The van der Waals surface area contributed by atoms with Crippen LogP contribution in [0.2, 0.25) is 0 Å². The quantitative estimate of drug-likeness (QED) is 0.169. The van der Waals surface area contributed by atoms with Gasteiger partial charge in [0.25, 0.3) is 0 Å². The van der Waals surface area contributed by atoms with Gasteiger partial charge in [-0.2, -0.15) is 0 Å². The number of nitrogens with zero attached hydrogens (tertiary/aromatic N) is 1. The van der Waals surface area contributed by atoms with Crippen LogP contribution in [0.1, 0.15) is 130 Å². The number of carbonyl (C=O) groups is 1. The highest BCUT2D eigenvalue weighted by Crippen LogP contribution is 2.25. The molecule has 0 radical (unpaired) electrons. The van der Waals surface area contributed by atoms with Gasteiger partial charge in [0.1, 0.15) is 6.29 Å². The molecule has 5 heteroatoms. The van der Waals surface area contributed by atoms with E-state index in [0.717, 1.165) is 76.4 Å². The Morgan fingerprint density at radius 3 is 2.03 bits per heavy atom. The molecule has 0 unspecified atom stereocenters. The summed E-state index contributed by atoms with van der Waals surface area (Å²) in [6.45, 7) is 17.5. The molecule has 38 heavy (non-hydrogen) atoms. The number of hydrogen-bond donors (Lipinski definition) is 2. The maximum Gasteiger partial charge on any atom is 0.140 e. The monoisotopic (exact) mass is 549 g/mol. The number of allylic oxidation sites excluding steroid dienone is 2. The van der Waals surface area contributed by atoms with Gasteiger partial charge in [-0.05, 0) is 69.2 Å². The van der Waals surface area contributed by atoms with Crippen molar-refractivity contribution in [1.29, 1.82) is 5.41 Å². The molecule has 4 nitrogen and oxygen atoms in total. The summed E-state index contributed by atoms with van der Waals surface area (Å²) in [7, 11) is 1.89. The van der Waals surface area contributed by atoms with Crippen LogP contribution < -0.4 is 5.32 Å². The Morgan fingerprint density at radius 1 is 1.08 bits per heavy atom. The van der Waals surface area contributed by atoms with Crippen LogP contribution in [-0.4, -0.2) is 43.1 Å². The van der Waals surface area contributed by atoms with Gasteiger partial charge in [0.15, 0.2) is 0 Å². The van der Waals surface area contributed by atoms with Gasteiger partial charge in [-0.3, -0.25) is 0 Å². The molecule has 1 saturated heterocycles. The van der Waals surface area contributed by atoms with Crippen molar-refractivity contribution in [3.05, 3.63) is 34.2 Å². The third-order valence-electron chi connectivity index (χ3n) is 7.08. The van der Waals surface area contributed by atoms with Crippen molar-refractivity contribution in [2.24, 2.45) is 5.92 Å². The fourth-order valence-corrected chi connectivity index (χ4v) is 5.17. The Hall–Kier alpha value is -1.46. The van der Waals surface area contributed by atoms with E-state index in [0.29, 0.717) is 0 Å². The van der Waals surface area contributed by atoms with E-state index in [2.05, 4.69) is 68.4 Å². The Bertz CT molecular complexity index is 656. The molecule has 1 aliphatic rings. The second-order valence-corrected chi connectivity index (χ2v) is 11.0. The molecular formula is C33H63N3OS. The summed E-state index contributed by atoms with van der Waals surface area (Å²) in [5.41, 5.74) is 1.31. The first-order chi connectivity index (χ1) is 18.5. The van der Waals surface area contributed by atoms with E-state index in [9.17, 15) is 4.79 Å². The number of likely N-dealkylation sites (N-methyl/N-ethyl adjacent to an activating group) is 1. The highest BCUT2D eigenvalue weighted by atomic mass is 32.1. The van der Waals surface area contributed by atoms with E-state index >= 15 is 0 Å². The van der Waals surface area contributed by atoms with E-state index in [1.54, 1.807) is 5.70 Å². The van der Waals surface area contributed by atoms with E-state index in [1.165, 1.54) is 43.4 Å². The molecule has 0 atom stereocenters. The van der Waals surface area contributed by atoms with Crippen LogP contribution in [0, 0.1) is 11.3 Å². The SMILES string of the molecule is CC.CC/C=C(/Cc1cccs1)N1CCC(CC)CC1.CCCC=N.CCCCC(C=O)(CCCC)NC. The van der Waals surface area contributed by atoms with Gasteiger partial charge >= 0.3 is 0 Å². The summed E-state index contributed by atoms with van der Waals surface area (Å²) in [5.74, 6) is 0.964. The third kappa shape index (κ3) is 17.9. The van der Waals surface area contributed by atoms with Gasteiger partial charge < -0.3 is 20.4 Å². The number of piperidine rings is 1. The van der Waals surface area contributed by atoms with Gasteiger partial charge in [-0.25, -0.2) is 0 Å². The number of likely N-dealkylation sites (tertiary alicyclic amines) is 1. The molecule has 1 fully saturated rings. The lowest BCUT2D eigenvalue weighted by molar-refractivity contribution is -0.113. The summed E-state index contributed by atoms with van der Waals surface area (Å²) in [6, 6.07) is 4.42. The van der Waals surface area contributed by atoms with Gasteiger partial charge in [0.05, 0.1) is 5.54 Å². The molecule has 1 aromatic rings. The minimum Gasteiger partial charge on any atom is -0.375 e. The zero-order valence-corrected chi connectivity index (χ0v) is 27.2. The van der Waals surface area contributed by atoms with E-state index in [4.69, 9.17) is 5.41 Å². The van der Waals surface area contributed by atoms with Crippen LogP contribution in [0.15, 0.2) is 29.3 Å². The average molecular weight is 550 g/mol. The maximum absolute atomic E-state index is 11.0. The summed E-state index contributed by atoms with van der Waals surface area (Å²) in [5, 5.41) is 11.8. The fourth-order valence-electron chi connectivity index (χ4n) is 4.45. The van der Waals surface area contributed by atoms with Crippen LogP contribution in [0.5, 0.6) is 0 Å². The minimum atomic E-state index is -0.244. The second-order valence-electron chi connectivity index (χ2n) is 9.92. The lowest BCUT2D eigenvalue weighted by Crippen LogP contribution is -2.44. The smallest absolute Gasteiger partial charge is 0.140 e. The summed E-state index contributed by atoms with van der Waals surface area (Å²) in [6.07, 6.45) is 19.9. The van der Waals surface area contributed by atoms with Crippen molar-refractivity contribution in [2.45, 2.75) is 137 Å². The van der Waals surface area contributed by atoms with Gasteiger partial charge in [-0.1, -0.05) is 99.1 Å². The number of thiophene rings is 1. The molecule has 2 heterocycles.